The molecule has 0 spiro atoms. The number of amides is 1. The van der Waals surface area contributed by atoms with Crippen LogP contribution in [0.25, 0.3) is 10.9 Å². The van der Waals surface area contributed by atoms with Crippen LogP contribution in [-0.4, -0.2) is 21.9 Å². The number of aromatic nitrogens is 1. The summed E-state index contributed by atoms with van der Waals surface area (Å²) in [6.45, 7) is 4.37. The molecule has 3 aromatic carbocycles. The van der Waals surface area contributed by atoms with Gasteiger partial charge in [0.1, 0.15) is 5.82 Å². The van der Waals surface area contributed by atoms with E-state index in [1.165, 1.54) is 23.3 Å². The number of halogens is 1. The van der Waals surface area contributed by atoms with Crippen LogP contribution in [0.5, 0.6) is 0 Å². The number of carbonyl (C=O) groups excluding carboxylic acids is 1. The van der Waals surface area contributed by atoms with E-state index in [0.29, 0.717) is 13.0 Å². The Balaban J connectivity index is 1.51. The third-order valence-corrected chi connectivity index (χ3v) is 6.67. The zero-order valence-corrected chi connectivity index (χ0v) is 18.3. The number of nitrogens with zero attached hydrogens (tertiary/aromatic N) is 2. The van der Waals surface area contributed by atoms with Crippen LogP contribution in [0.4, 0.5) is 4.39 Å². The van der Waals surface area contributed by atoms with Crippen molar-refractivity contribution < 1.29 is 9.18 Å². The largest absolute Gasteiger partial charge is 0.347 e. The lowest BCUT2D eigenvalue weighted by molar-refractivity contribution is -0.132. The van der Waals surface area contributed by atoms with Gasteiger partial charge in [-0.05, 0) is 53.8 Å². The average molecular weight is 427 g/mol. The standard InChI is InChI=1S/C28H27FN2O/c1-2-30-19-26(24-9-5-6-10-27(24)30)25(21-11-13-23(29)14-12-21)17-28(32)31-16-15-20-7-3-4-8-22(20)18-31/h3-14,19,25H,2,15-18H2,1H3/t25-/m1/s1. The summed E-state index contributed by atoms with van der Waals surface area (Å²) >= 11 is 0. The van der Waals surface area contributed by atoms with E-state index in [1.807, 2.05) is 35.2 Å². The first kappa shape index (κ1) is 20.5. The maximum atomic E-state index is 13.7. The maximum Gasteiger partial charge on any atom is 0.223 e. The molecule has 0 N–H and O–H groups in total. The van der Waals surface area contributed by atoms with Crippen LogP contribution in [0.3, 0.4) is 0 Å². The first-order valence-electron chi connectivity index (χ1n) is 11.3. The van der Waals surface area contributed by atoms with Crippen LogP contribution in [0.15, 0.2) is 79.0 Å². The summed E-state index contributed by atoms with van der Waals surface area (Å²) in [6.07, 6.45) is 3.42. The normalized spacial score (nSPS) is 14.4. The predicted octanol–water partition coefficient (Wildman–Crippen LogP) is 5.91. The third kappa shape index (κ3) is 3.81. The van der Waals surface area contributed by atoms with Gasteiger partial charge in [0.05, 0.1) is 0 Å². The summed E-state index contributed by atoms with van der Waals surface area (Å²) in [7, 11) is 0. The van der Waals surface area contributed by atoms with E-state index in [9.17, 15) is 9.18 Å². The highest BCUT2D eigenvalue weighted by molar-refractivity contribution is 5.86. The molecule has 0 saturated heterocycles. The van der Waals surface area contributed by atoms with E-state index in [0.717, 1.165) is 41.5 Å². The monoisotopic (exact) mass is 426 g/mol. The molecule has 1 aromatic heterocycles. The molecular formula is C28H27FN2O. The van der Waals surface area contributed by atoms with E-state index >= 15 is 0 Å². The summed E-state index contributed by atoms with van der Waals surface area (Å²) in [5.74, 6) is -0.248. The quantitative estimate of drug-likeness (QED) is 0.390. The first-order valence-corrected chi connectivity index (χ1v) is 11.3. The fourth-order valence-electron chi connectivity index (χ4n) is 4.93. The number of para-hydroxylation sites is 1. The summed E-state index contributed by atoms with van der Waals surface area (Å²) < 4.78 is 15.9. The highest BCUT2D eigenvalue weighted by atomic mass is 19.1. The van der Waals surface area contributed by atoms with E-state index < -0.39 is 0 Å². The van der Waals surface area contributed by atoms with Crippen molar-refractivity contribution in [2.45, 2.75) is 38.8 Å². The number of carbonyl (C=O) groups is 1. The van der Waals surface area contributed by atoms with Crippen molar-refractivity contribution in [1.82, 2.24) is 9.47 Å². The Morgan fingerprint density at radius 2 is 1.69 bits per heavy atom. The molecule has 0 radical (unpaired) electrons. The SMILES string of the molecule is CCn1cc([C@H](CC(=O)N2CCc3ccccc3C2)c2ccc(F)cc2)c2ccccc21. The molecule has 1 amide bonds. The molecule has 3 nitrogen and oxygen atoms in total. The fraction of sp³-hybridized carbons (Fsp3) is 0.250. The van der Waals surface area contributed by atoms with Crippen LogP contribution in [0.2, 0.25) is 0 Å². The van der Waals surface area contributed by atoms with Gasteiger partial charge in [-0.25, -0.2) is 4.39 Å². The van der Waals surface area contributed by atoms with Crippen molar-refractivity contribution in [3.05, 3.63) is 107 Å². The van der Waals surface area contributed by atoms with Crippen molar-refractivity contribution in [1.29, 1.82) is 0 Å². The van der Waals surface area contributed by atoms with Crippen molar-refractivity contribution >= 4 is 16.8 Å². The zero-order valence-electron chi connectivity index (χ0n) is 18.3. The second-order valence-electron chi connectivity index (χ2n) is 8.53. The van der Waals surface area contributed by atoms with Crippen LogP contribution in [0, 0.1) is 5.82 Å². The first-order chi connectivity index (χ1) is 15.6. The Morgan fingerprint density at radius 1 is 0.969 bits per heavy atom. The van der Waals surface area contributed by atoms with Gasteiger partial charge in [0.25, 0.3) is 0 Å². The van der Waals surface area contributed by atoms with Crippen LogP contribution < -0.4 is 0 Å². The van der Waals surface area contributed by atoms with E-state index in [4.69, 9.17) is 0 Å². The van der Waals surface area contributed by atoms with Crippen molar-refractivity contribution in [2.24, 2.45) is 0 Å². The van der Waals surface area contributed by atoms with E-state index in [1.54, 1.807) is 0 Å². The number of rotatable bonds is 5. The van der Waals surface area contributed by atoms with Gasteiger partial charge in [-0.1, -0.05) is 54.6 Å². The lowest BCUT2D eigenvalue weighted by Crippen LogP contribution is -2.36. The van der Waals surface area contributed by atoms with Gasteiger partial charge in [0.15, 0.2) is 0 Å². The molecule has 32 heavy (non-hydrogen) atoms. The Labute approximate surface area is 188 Å². The van der Waals surface area contributed by atoms with Crippen molar-refractivity contribution in [3.8, 4) is 0 Å². The highest BCUT2D eigenvalue weighted by Crippen LogP contribution is 2.36. The average Bonchev–Trinajstić information content (AvgIpc) is 3.21. The molecule has 1 aliphatic rings. The molecule has 4 aromatic rings. The number of aryl methyl sites for hydroxylation is 1. The Morgan fingerprint density at radius 3 is 2.47 bits per heavy atom. The smallest absolute Gasteiger partial charge is 0.223 e. The number of benzene rings is 3. The molecule has 1 aliphatic heterocycles. The molecule has 0 fully saturated rings. The van der Waals surface area contributed by atoms with Gasteiger partial charge in [-0.2, -0.15) is 0 Å². The van der Waals surface area contributed by atoms with Crippen molar-refractivity contribution in [2.75, 3.05) is 6.54 Å². The minimum absolute atomic E-state index is 0.127. The zero-order chi connectivity index (χ0) is 22.1. The minimum Gasteiger partial charge on any atom is -0.347 e. The van der Waals surface area contributed by atoms with E-state index in [2.05, 4.69) is 48.0 Å². The maximum absolute atomic E-state index is 13.7. The lowest BCUT2D eigenvalue weighted by atomic mass is 9.87. The van der Waals surface area contributed by atoms with Crippen LogP contribution in [0.1, 0.15) is 41.5 Å². The molecule has 0 saturated carbocycles. The second-order valence-corrected chi connectivity index (χ2v) is 8.53. The Kier molecular flexibility index (Phi) is 5.52. The van der Waals surface area contributed by atoms with Crippen molar-refractivity contribution in [3.63, 3.8) is 0 Å². The van der Waals surface area contributed by atoms with Crippen LogP contribution in [-0.2, 0) is 24.3 Å². The molecule has 0 aliphatic carbocycles. The Bertz CT molecular complexity index is 1260. The summed E-state index contributed by atoms with van der Waals surface area (Å²) in [5.41, 5.74) is 5.82. The summed E-state index contributed by atoms with van der Waals surface area (Å²) in [5, 5.41) is 1.15. The topological polar surface area (TPSA) is 25.2 Å². The number of hydrogen-bond donors (Lipinski definition) is 0. The second kappa shape index (κ2) is 8.62. The molecule has 162 valence electrons. The van der Waals surface area contributed by atoms with Gasteiger partial charge in [-0.15, -0.1) is 0 Å². The molecule has 4 heteroatoms. The molecular weight excluding hydrogens is 399 g/mol. The fourth-order valence-corrected chi connectivity index (χ4v) is 4.93. The Hall–Kier alpha value is -3.40. The van der Waals surface area contributed by atoms with Gasteiger partial charge < -0.3 is 9.47 Å². The molecule has 1 atom stereocenters. The molecule has 5 rings (SSSR count). The number of fused-ring (bicyclic) bond motifs is 2. The summed E-state index contributed by atoms with van der Waals surface area (Å²) in [6, 6.07) is 23.3. The molecule has 0 bridgehead atoms. The predicted molar refractivity (Wildman–Crippen MR) is 126 cm³/mol. The highest BCUT2D eigenvalue weighted by Gasteiger charge is 2.27. The lowest BCUT2D eigenvalue weighted by Gasteiger charge is -2.30. The summed E-state index contributed by atoms with van der Waals surface area (Å²) in [4.78, 5) is 15.5. The number of hydrogen-bond acceptors (Lipinski definition) is 1. The molecule has 0 unspecified atom stereocenters. The van der Waals surface area contributed by atoms with Gasteiger partial charge in [0.2, 0.25) is 5.91 Å². The van der Waals surface area contributed by atoms with Gasteiger partial charge in [-0.3, -0.25) is 4.79 Å². The van der Waals surface area contributed by atoms with Gasteiger partial charge >= 0.3 is 0 Å². The third-order valence-electron chi connectivity index (χ3n) is 6.67. The molecule has 2 heterocycles. The van der Waals surface area contributed by atoms with Gasteiger partial charge in [0, 0.05) is 49.1 Å². The minimum atomic E-state index is -0.262. The van der Waals surface area contributed by atoms with E-state index in [-0.39, 0.29) is 17.6 Å². The van der Waals surface area contributed by atoms with Crippen LogP contribution >= 0.6 is 0 Å².